The van der Waals surface area contributed by atoms with Crippen LogP contribution in [-0.2, 0) is 9.63 Å². The zero-order valence-corrected chi connectivity index (χ0v) is 13.1. The largest absolute Gasteiger partial charge is 0.395 e. The fourth-order valence-corrected chi connectivity index (χ4v) is 1.98. The van der Waals surface area contributed by atoms with Gasteiger partial charge in [-0.3, -0.25) is 0 Å². The third kappa shape index (κ3) is 3.84. The molecule has 1 aromatic heterocycles. The number of oxime groups is 1. The van der Waals surface area contributed by atoms with E-state index in [0.717, 1.165) is 24.8 Å². The highest BCUT2D eigenvalue weighted by Crippen LogP contribution is 2.11. The first-order valence-corrected chi connectivity index (χ1v) is 7.38. The maximum Gasteiger partial charge on any atom is 0.174 e. The van der Waals surface area contributed by atoms with Gasteiger partial charge in [0.2, 0.25) is 0 Å². The van der Waals surface area contributed by atoms with Crippen molar-refractivity contribution in [1.82, 2.24) is 4.98 Å². The first-order chi connectivity index (χ1) is 10.7. The number of amidine groups is 1. The molecule has 0 spiro atoms. The quantitative estimate of drug-likeness (QED) is 0.459. The zero-order valence-electron chi connectivity index (χ0n) is 13.1. The molecule has 0 fully saturated rings. The number of aldehydes is 1. The minimum atomic E-state index is -0.698. The molecule has 6 heteroatoms. The average Bonchev–Trinajstić information content (AvgIpc) is 2.52. The number of nitrogens with zero attached hydrogens (tertiary/aromatic N) is 4. The van der Waals surface area contributed by atoms with E-state index in [2.05, 4.69) is 27.0 Å². The fraction of sp³-hybridized carbons (Fsp3) is 0.438. The predicted octanol–water partition coefficient (Wildman–Crippen LogP) is 2.35. The van der Waals surface area contributed by atoms with Gasteiger partial charge in [0.25, 0.3) is 0 Å². The van der Waals surface area contributed by atoms with Crippen molar-refractivity contribution >= 4 is 23.5 Å². The molecule has 2 heterocycles. The summed E-state index contributed by atoms with van der Waals surface area (Å²) in [6.07, 6.45) is 2.69. The first-order valence-electron chi connectivity index (χ1n) is 7.38. The van der Waals surface area contributed by atoms with Gasteiger partial charge in [0, 0.05) is 5.69 Å². The van der Waals surface area contributed by atoms with Crippen LogP contribution in [0.1, 0.15) is 38.1 Å². The van der Waals surface area contributed by atoms with Crippen LogP contribution in [0, 0.1) is 6.92 Å². The molecule has 6 nitrogen and oxygen atoms in total. The number of unbranched alkanes of at least 4 members (excludes halogenated alkanes) is 1. The lowest BCUT2D eigenvalue weighted by atomic mass is 10.1. The molecule has 1 aliphatic rings. The summed E-state index contributed by atoms with van der Waals surface area (Å²) in [5.41, 5.74) is 2.61. The number of hydrogen-bond donors (Lipinski definition) is 0. The molecule has 0 saturated carbocycles. The van der Waals surface area contributed by atoms with Crippen molar-refractivity contribution in [3.8, 4) is 0 Å². The zero-order chi connectivity index (χ0) is 15.9. The number of aromatic nitrogens is 1. The number of hydrogen-bond acceptors (Lipinski definition) is 6. The molecule has 0 amide bonds. The highest BCUT2D eigenvalue weighted by atomic mass is 16.6. The van der Waals surface area contributed by atoms with Crippen LogP contribution in [0.2, 0.25) is 0 Å². The molecule has 1 aliphatic heterocycles. The van der Waals surface area contributed by atoms with Crippen LogP contribution in [-0.4, -0.2) is 41.2 Å². The molecule has 22 heavy (non-hydrogen) atoms. The Kier molecular flexibility index (Phi) is 5.52. The lowest BCUT2D eigenvalue weighted by Crippen LogP contribution is -2.33. The number of rotatable bonds is 6. The summed E-state index contributed by atoms with van der Waals surface area (Å²) < 4.78 is 0. The summed E-state index contributed by atoms with van der Waals surface area (Å²) in [7, 11) is 0. The minimum Gasteiger partial charge on any atom is -0.395 e. The summed E-state index contributed by atoms with van der Waals surface area (Å²) in [6, 6.07) is 4.91. The van der Waals surface area contributed by atoms with Crippen LogP contribution in [0.3, 0.4) is 0 Å². The summed E-state index contributed by atoms with van der Waals surface area (Å²) in [6.45, 7) is 6.29. The van der Waals surface area contributed by atoms with Gasteiger partial charge in [-0.05, 0) is 32.4 Å². The Morgan fingerprint density at radius 3 is 2.86 bits per heavy atom. The van der Waals surface area contributed by atoms with Crippen LogP contribution in [0.4, 0.5) is 0 Å². The van der Waals surface area contributed by atoms with Gasteiger partial charge in [-0.15, -0.1) is 0 Å². The minimum absolute atomic E-state index is 0.450. The van der Waals surface area contributed by atoms with Crippen LogP contribution < -0.4 is 0 Å². The molecule has 0 bridgehead atoms. The first kappa shape index (κ1) is 16.0. The summed E-state index contributed by atoms with van der Waals surface area (Å²) in [5.74, 6) is 0.450. The highest BCUT2D eigenvalue weighted by molar-refractivity contribution is 6.48. The van der Waals surface area contributed by atoms with Crippen molar-refractivity contribution in [1.29, 1.82) is 0 Å². The van der Waals surface area contributed by atoms with Gasteiger partial charge in [-0.2, -0.15) is 0 Å². The second kappa shape index (κ2) is 7.59. The second-order valence-electron chi connectivity index (χ2n) is 5.06. The molecule has 2 rings (SSSR count). The molecule has 1 aromatic rings. The van der Waals surface area contributed by atoms with Gasteiger partial charge in [0.15, 0.2) is 18.2 Å². The normalized spacial score (nSPS) is 19.6. The molecule has 1 unspecified atom stereocenters. The van der Waals surface area contributed by atoms with Crippen LogP contribution in [0.5, 0.6) is 0 Å². The summed E-state index contributed by atoms with van der Waals surface area (Å²) >= 11 is 0. The van der Waals surface area contributed by atoms with Gasteiger partial charge >= 0.3 is 0 Å². The van der Waals surface area contributed by atoms with Gasteiger partial charge in [0.1, 0.15) is 18.0 Å². The lowest BCUT2D eigenvalue weighted by molar-refractivity contribution is -0.107. The Bertz CT molecular complexity index is 635. The predicted molar refractivity (Wildman–Crippen MR) is 86.8 cm³/mol. The topological polar surface area (TPSA) is 76.3 Å². The summed E-state index contributed by atoms with van der Waals surface area (Å²) in [4.78, 5) is 29.7. The molecule has 0 N–H and O–H groups in total. The molecule has 0 saturated heterocycles. The van der Waals surface area contributed by atoms with Crippen LogP contribution in [0.15, 0.2) is 33.3 Å². The highest BCUT2D eigenvalue weighted by Gasteiger charge is 2.25. The maximum absolute atomic E-state index is 11.3. The van der Waals surface area contributed by atoms with Crippen molar-refractivity contribution in [2.24, 2.45) is 15.1 Å². The molecular formula is C16H20N4O2. The number of carbonyl (C=O) groups is 1. The summed E-state index contributed by atoms with van der Waals surface area (Å²) in [5, 5.41) is 4.03. The van der Waals surface area contributed by atoms with E-state index >= 15 is 0 Å². The Labute approximate surface area is 130 Å². The molecule has 116 valence electrons. The standard InChI is InChI=1S/C16H20N4O2/c1-4-5-9-22-20-15-12(3)18-16(19-14(15)10-21)13-8-6-7-11(2)17-13/h6-8,10,14H,4-5,9H2,1-3H3. The Morgan fingerprint density at radius 2 is 2.18 bits per heavy atom. The van der Waals surface area contributed by atoms with Crippen molar-refractivity contribution in [2.45, 2.75) is 39.7 Å². The van der Waals surface area contributed by atoms with E-state index in [1.807, 2.05) is 25.1 Å². The van der Waals surface area contributed by atoms with Crippen LogP contribution >= 0.6 is 0 Å². The molecule has 0 radical (unpaired) electrons. The number of carbonyl (C=O) groups excluding carboxylic acids is 1. The van der Waals surface area contributed by atoms with E-state index in [4.69, 9.17) is 4.84 Å². The molecule has 0 aliphatic carbocycles. The molecule has 0 aromatic carbocycles. The number of pyridine rings is 1. The van der Waals surface area contributed by atoms with E-state index in [1.165, 1.54) is 0 Å². The SMILES string of the molecule is CCCCON=C1C(C)=NC(c2cccc(C)n2)=NC1C=O. The van der Waals surface area contributed by atoms with Gasteiger partial charge in [-0.25, -0.2) is 15.0 Å². The average molecular weight is 300 g/mol. The van der Waals surface area contributed by atoms with Crippen molar-refractivity contribution in [3.05, 3.63) is 29.6 Å². The van der Waals surface area contributed by atoms with E-state index in [0.29, 0.717) is 29.6 Å². The van der Waals surface area contributed by atoms with E-state index in [-0.39, 0.29) is 0 Å². The van der Waals surface area contributed by atoms with E-state index in [9.17, 15) is 4.79 Å². The number of aliphatic imine (C=N–C) groups is 2. The smallest absolute Gasteiger partial charge is 0.174 e. The van der Waals surface area contributed by atoms with Gasteiger partial charge in [0.05, 0.1) is 5.71 Å². The van der Waals surface area contributed by atoms with Crippen molar-refractivity contribution in [2.75, 3.05) is 6.61 Å². The number of aryl methyl sites for hydroxylation is 1. The Hall–Kier alpha value is -2.37. The van der Waals surface area contributed by atoms with E-state index in [1.54, 1.807) is 6.92 Å². The molecular weight excluding hydrogens is 280 g/mol. The lowest BCUT2D eigenvalue weighted by Gasteiger charge is -2.16. The third-order valence-electron chi connectivity index (χ3n) is 3.18. The fourth-order valence-electron chi connectivity index (χ4n) is 1.98. The van der Waals surface area contributed by atoms with Gasteiger partial charge < -0.3 is 9.63 Å². The maximum atomic E-state index is 11.3. The molecule has 1 atom stereocenters. The second-order valence-corrected chi connectivity index (χ2v) is 5.06. The van der Waals surface area contributed by atoms with E-state index < -0.39 is 6.04 Å². The van der Waals surface area contributed by atoms with Gasteiger partial charge in [-0.1, -0.05) is 24.6 Å². The Morgan fingerprint density at radius 1 is 1.36 bits per heavy atom. The third-order valence-corrected chi connectivity index (χ3v) is 3.18. The Balaban J connectivity index is 2.24. The van der Waals surface area contributed by atoms with Crippen molar-refractivity contribution < 1.29 is 9.63 Å². The van der Waals surface area contributed by atoms with Crippen molar-refractivity contribution in [3.63, 3.8) is 0 Å². The monoisotopic (exact) mass is 300 g/mol. The van der Waals surface area contributed by atoms with Crippen LogP contribution in [0.25, 0.3) is 0 Å².